The Hall–Kier alpha value is -3.29. The van der Waals surface area contributed by atoms with Crippen molar-refractivity contribution >= 4 is 17.3 Å². The zero-order chi connectivity index (χ0) is 19.8. The van der Waals surface area contributed by atoms with Crippen molar-refractivity contribution in [3.8, 4) is 5.75 Å². The number of aromatic nitrogens is 1. The predicted molar refractivity (Wildman–Crippen MR) is 90.2 cm³/mol. The summed E-state index contributed by atoms with van der Waals surface area (Å²) >= 11 is 0. The number of rotatable bonds is 4. The second kappa shape index (κ2) is 6.79. The molecule has 140 valence electrons. The number of carbonyl (C=O) groups is 2. The number of carbonyl (C=O) groups excluding carboxylic acids is 2. The van der Waals surface area contributed by atoms with Crippen molar-refractivity contribution in [1.82, 2.24) is 4.40 Å². The van der Waals surface area contributed by atoms with Crippen LogP contribution in [0.4, 0.5) is 13.2 Å². The van der Waals surface area contributed by atoms with Gasteiger partial charge in [-0.05, 0) is 36.4 Å². The topological polar surface area (TPSA) is 57.0 Å². The zero-order valence-corrected chi connectivity index (χ0v) is 14.3. The molecule has 0 saturated carbocycles. The first-order valence-electron chi connectivity index (χ1n) is 7.77. The molecule has 0 radical (unpaired) electrons. The van der Waals surface area contributed by atoms with E-state index in [1.807, 2.05) is 0 Å². The molecule has 2 aromatic heterocycles. The third-order valence-corrected chi connectivity index (χ3v) is 4.08. The van der Waals surface area contributed by atoms with Gasteiger partial charge in [0, 0.05) is 11.8 Å². The van der Waals surface area contributed by atoms with Gasteiger partial charge in [0.25, 0.3) is 0 Å². The van der Waals surface area contributed by atoms with Crippen LogP contribution in [0.2, 0.25) is 0 Å². The van der Waals surface area contributed by atoms with Crippen LogP contribution >= 0.6 is 0 Å². The summed E-state index contributed by atoms with van der Waals surface area (Å²) in [4.78, 5) is 25.0. The number of methoxy groups -OCH3 is 2. The number of alkyl halides is 3. The number of ether oxygens (including phenoxy) is 2. The fraction of sp³-hybridized carbons (Fsp3) is 0.158. The third kappa shape index (κ3) is 3.14. The Bertz CT molecular complexity index is 1020. The standard InChI is InChI=1S/C19H14F3NO4/c1-26-12-8-6-11(7-9-12)17(24)16-15(19(20,21)22)14(18(25)27-2)13-5-3-4-10-23(13)16/h3-10H,1-2H3. The quantitative estimate of drug-likeness (QED) is 0.510. The van der Waals surface area contributed by atoms with Crippen LogP contribution in [-0.2, 0) is 10.9 Å². The summed E-state index contributed by atoms with van der Waals surface area (Å²) < 4.78 is 52.1. The van der Waals surface area contributed by atoms with E-state index in [1.165, 1.54) is 55.8 Å². The molecule has 1 aromatic carbocycles. The number of hydrogen-bond acceptors (Lipinski definition) is 4. The largest absolute Gasteiger partial charge is 0.497 e. The number of pyridine rings is 1. The van der Waals surface area contributed by atoms with Gasteiger partial charge in [0.2, 0.25) is 5.78 Å². The van der Waals surface area contributed by atoms with Gasteiger partial charge in [-0.3, -0.25) is 4.79 Å². The lowest BCUT2D eigenvalue weighted by molar-refractivity contribution is -0.138. The average Bonchev–Trinajstić information content (AvgIpc) is 3.02. The molecule has 0 atom stereocenters. The minimum Gasteiger partial charge on any atom is -0.497 e. The van der Waals surface area contributed by atoms with Crippen molar-refractivity contribution < 1.29 is 32.2 Å². The summed E-state index contributed by atoms with van der Waals surface area (Å²) in [6.07, 6.45) is -3.64. The van der Waals surface area contributed by atoms with E-state index < -0.39 is 34.7 Å². The van der Waals surface area contributed by atoms with E-state index in [0.717, 1.165) is 11.5 Å². The summed E-state index contributed by atoms with van der Waals surface area (Å²) in [5.41, 5.74) is -2.69. The van der Waals surface area contributed by atoms with E-state index >= 15 is 0 Å². The van der Waals surface area contributed by atoms with Crippen molar-refractivity contribution in [3.05, 3.63) is 71.0 Å². The van der Waals surface area contributed by atoms with Crippen molar-refractivity contribution in [2.45, 2.75) is 6.18 Å². The Labute approximate surface area is 151 Å². The molecule has 0 bridgehead atoms. The molecule has 0 saturated heterocycles. The van der Waals surface area contributed by atoms with Gasteiger partial charge in [0.05, 0.1) is 25.3 Å². The second-order valence-corrected chi connectivity index (χ2v) is 5.60. The molecule has 3 aromatic rings. The Morgan fingerprint density at radius 3 is 2.22 bits per heavy atom. The Morgan fingerprint density at radius 2 is 1.67 bits per heavy atom. The number of hydrogen-bond donors (Lipinski definition) is 0. The summed E-state index contributed by atoms with van der Waals surface area (Å²) in [7, 11) is 2.42. The van der Waals surface area contributed by atoms with Crippen molar-refractivity contribution in [2.75, 3.05) is 14.2 Å². The third-order valence-electron chi connectivity index (χ3n) is 4.08. The molecule has 2 heterocycles. The molecule has 0 aliphatic carbocycles. The van der Waals surface area contributed by atoms with E-state index in [9.17, 15) is 22.8 Å². The Balaban J connectivity index is 2.34. The van der Waals surface area contributed by atoms with Crippen LogP contribution in [0, 0.1) is 0 Å². The van der Waals surface area contributed by atoms with E-state index in [4.69, 9.17) is 4.74 Å². The predicted octanol–water partition coefficient (Wildman–Crippen LogP) is 3.98. The van der Waals surface area contributed by atoms with Gasteiger partial charge in [-0.2, -0.15) is 13.2 Å². The molecular formula is C19H14F3NO4. The summed E-state index contributed by atoms with van der Waals surface area (Å²) in [5, 5.41) is 0. The molecule has 8 heteroatoms. The molecule has 0 aliphatic heterocycles. The van der Waals surface area contributed by atoms with Crippen LogP contribution in [-0.4, -0.2) is 30.4 Å². The lowest BCUT2D eigenvalue weighted by Gasteiger charge is -2.10. The van der Waals surface area contributed by atoms with Crippen molar-refractivity contribution in [3.63, 3.8) is 0 Å². The number of benzene rings is 1. The van der Waals surface area contributed by atoms with E-state index in [1.54, 1.807) is 0 Å². The highest BCUT2D eigenvalue weighted by atomic mass is 19.4. The van der Waals surface area contributed by atoms with Crippen LogP contribution < -0.4 is 4.74 Å². The highest BCUT2D eigenvalue weighted by Crippen LogP contribution is 2.39. The molecule has 5 nitrogen and oxygen atoms in total. The normalized spacial score (nSPS) is 11.4. The van der Waals surface area contributed by atoms with E-state index in [2.05, 4.69) is 4.74 Å². The van der Waals surface area contributed by atoms with Gasteiger partial charge in [-0.25, -0.2) is 4.79 Å². The number of nitrogens with zero attached hydrogens (tertiary/aromatic N) is 1. The maximum Gasteiger partial charge on any atom is 0.419 e. The lowest BCUT2D eigenvalue weighted by atomic mass is 10.0. The van der Waals surface area contributed by atoms with Crippen molar-refractivity contribution in [2.24, 2.45) is 0 Å². The minimum atomic E-state index is -4.94. The van der Waals surface area contributed by atoms with E-state index in [-0.39, 0.29) is 11.1 Å². The maximum absolute atomic E-state index is 13.8. The highest BCUT2D eigenvalue weighted by Gasteiger charge is 2.43. The number of esters is 1. The van der Waals surface area contributed by atoms with Crippen LogP contribution in [0.15, 0.2) is 48.7 Å². The number of ketones is 1. The zero-order valence-electron chi connectivity index (χ0n) is 14.3. The molecule has 0 spiro atoms. The molecule has 3 rings (SSSR count). The van der Waals surface area contributed by atoms with Crippen LogP contribution in [0.1, 0.15) is 32.0 Å². The van der Waals surface area contributed by atoms with Crippen molar-refractivity contribution in [1.29, 1.82) is 0 Å². The molecule has 0 fully saturated rings. The SMILES string of the molecule is COC(=O)c1c(C(F)(F)F)c(C(=O)c2ccc(OC)cc2)n2ccccc12. The van der Waals surface area contributed by atoms with Crippen LogP contribution in [0.25, 0.3) is 5.52 Å². The molecule has 0 aliphatic rings. The highest BCUT2D eigenvalue weighted by molar-refractivity contribution is 6.13. The fourth-order valence-corrected chi connectivity index (χ4v) is 2.90. The fourth-order valence-electron chi connectivity index (χ4n) is 2.90. The molecule has 0 amide bonds. The van der Waals surface area contributed by atoms with Crippen LogP contribution in [0.5, 0.6) is 5.75 Å². The first-order chi connectivity index (χ1) is 12.8. The lowest BCUT2D eigenvalue weighted by Crippen LogP contribution is -2.17. The van der Waals surface area contributed by atoms with Gasteiger partial charge in [0.15, 0.2) is 0 Å². The number of halogens is 3. The molecule has 0 unspecified atom stereocenters. The van der Waals surface area contributed by atoms with Gasteiger partial charge in [-0.15, -0.1) is 0 Å². The van der Waals surface area contributed by atoms with Crippen LogP contribution in [0.3, 0.4) is 0 Å². The Morgan fingerprint density at radius 1 is 1.00 bits per heavy atom. The van der Waals surface area contributed by atoms with Gasteiger partial charge in [0.1, 0.15) is 17.0 Å². The molecule has 27 heavy (non-hydrogen) atoms. The van der Waals surface area contributed by atoms with Gasteiger partial charge < -0.3 is 13.9 Å². The first kappa shape index (κ1) is 18.5. The monoisotopic (exact) mass is 377 g/mol. The minimum absolute atomic E-state index is 0.0287. The van der Waals surface area contributed by atoms with Gasteiger partial charge in [-0.1, -0.05) is 6.07 Å². The second-order valence-electron chi connectivity index (χ2n) is 5.60. The van der Waals surface area contributed by atoms with Gasteiger partial charge >= 0.3 is 12.1 Å². The summed E-state index contributed by atoms with van der Waals surface area (Å²) in [6, 6.07) is 9.94. The smallest absolute Gasteiger partial charge is 0.419 e. The summed E-state index contributed by atoms with van der Waals surface area (Å²) in [5.74, 6) is -1.58. The molecule has 0 N–H and O–H groups in total. The van der Waals surface area contributed by atoms with E-state index in [0.29, 0.717) is 5.75 Å². The maximum atomic E-state index is 13.8. The molecular weight excluding hydrogens is 363 g/mol. The first-order valence-corrected chi connectivity index (χ1v) is 7.77. The Kier molecular flexibility index (Phi) is 4.65. The number of fused-ring (bicyclic) bond motifs is 1. The summed E-state index contributed by atoms with van der Waals surface area (Å²) in [6.45, 7) is 0. The average molecular weight is 377 g/mol.